The van der Waals surface area contributed by atoms with Gasteiger partial charge in [0.25, 0.3) is 0 Å². The summed E-state index contributed by atoms with van der Waals surface area (Å²) in [7, 11) is 0. The smallest absolute Gasteiger partial charge is 0.333 e. The van der Waals surface area contributed by atoms with Gasteiger partial charge in [0.15, 0.2) is 12.1 Å². The van der Waals surface area contributed by atoms with Crippen molar-refractivity contribution in [1.82, 2.24) is 16.2 Å². The Morgan fingerprint density at radius 2 is 1.26 bits per heavy atom. The standard InChI is InChI=1S/C49H78N4O17/c1-28-18-16-14-12-10-8-6-7-9-11-13-15-17-19-36(69-47-46(64)42(50)45(63)31(4)68-47)25-40-43(51-48(65)53-52-32(5)54)39(60)27-49(66,70-40)26-35(57)23-38(59)37(58)21-20-33(55)22-34(56)24-41(61)67-30(3)29(2)44(28)62/h6-19,28-31,33-40,42-47,55-60,62-64,66H,20-27,50H2,1-5H3,(H,52,54)(H2,51,53,65)/b7-6+,10-8+,11-9+,14-12+,15-13+,18-16+,19-17+/t28-,29-,30-,31+,33+,34+,35-,36-,37+,38+,39-,40-,42-,43+,44+,45+,46-,47-,49+/m0/s1. The Labute approximate surface area is 409 Å². The topological polar surface area (TPSA) is 353 Å². The minimum atomic E-state index is -2.31. The number of nitrogens with two attached hydrogens (primary N) is 1. The molecule has 15 N–H and O–H groups in total. The number of hydrazine groups is 1. The third-order valence-corrected chi connectivity index (χ3v) is 12.4. The summed E-state index contributed by atoms with van der Waals surface area (Å²) in [6.07, 6.45) is 3.85. The van der Waals surface area contributed by atoms with Gasteiger partial charge in [-0.25, -0.2) is 10.2 Å². The molecule has 21 heteroatoms. The Morgan fingerprint density at radius 1 is 0.671 bits per heavy atom. The summed E-state index contributed by atoms with van der Waals surface area (Å²) >= 11 is 0. The Hall–Kier alpha value is -4.17. The van der Waals surface area contributed by atoms with E-state index < -0.39 is 153 Å². The number of hydrogen-bond donors (Lipinski definition) is 14. The first-order valence-corrected chi connectivity index (χ1v) is 23.8. The van der Waals surface area contributed by atoms with Gasteiger partial charge in [-0.2, -0.15) is 0 Å². The highest BCUT2D eigenvalue weighted by Crippen LogP contribution is 2.35. The molecule has 70 heavy (non-hydrogen) atoms. The molecule has 0 aromatic heterocycles. The van der Waals surface area contributed by atoms with Crippen molar-refractivity contribution in [3.05, 3.63) is 85.1 Å². The molecule has 3 rings (SSSR count). The highest BCUT2D eigenvalue weighted by molar-refractivity contribution is 5.79. The molecule has 0 radical (unpaired) electrons. The lowest BCUT2D eigenvalue weighted by molar-refractivity contribution is -0.303. The molecule has 0 unspecified atom stereocenters. The Bertz CT molecular complexity index is 1830. The number of cyclic esters (lactones) is 1. The molecule has 3 aliphatic rings. The van der Waals surface area contributed by atoms with Crippen LogP contribution in [-0.2, 0) is 28.5 Å². The molecule has 2 saturated heterocycles. The number of carbonyl (C=O) groups is 3. The molecule has 21 nitrogen and oxygen atoms in total. The summed E-state index contributed by atoms with van der Waals surface area (Å²) in [4.78, 5) is 37.0. The van der Waals surface area contributed by atoms with Gasteiger partial charge < -0.3 is 81.1 Å². The predicted octanol–water partition coefficient (Wildman–Crippen LogP) is -0.270. The van der Waals surface area contributed by atoms with E-state index >= 15 is 0 Å². The zero-order valence-electron chi connectivity index (χ0n) is 40.5. The molecular weight excluding hydrogens is 917 g/mol. The molecule has 3 aliphatic heterocycles. The first-order valence-electron chi connectivity index (χ1n) is 23.8. The molecule has 0 spiro atoms. The van der Waals surface area contributed by atoms with Crippen molar-refractivity contribution >= 4 is 17.9 Å². The Morgan fingerprint density at radius 3 is 1.86 bits per heavy atom. The van der Waals surface area contributed by atoms with Crippen LogP contribution in [-0.4, -0.2) is 172 Å². The minimum absolute atomic E-state index is 0.114. The van der Waals surface area contributed by atoms with Crippen molar-refractivity contribution in [2.75, 3.05) is 0 Å². The zero-order valence-corrected chi connectivity index (χ0v) is 40.5. The van der Waals surface area contributed by atoms with Crippen LogP contribution < -0.4 is 21.9 Å². The van der Waals surface area contributed by atoms with Crippen LogP contribution in [0.2, 0.25) is 0 Å². The lowest BCUT2D eigenvalue weighted by atomic mass is 9.87. The van der Waals surface area contributed by atoms with E-state index in [9.17, 15) is 65.4 Å². The fourth-order valence-corrected chi connectivity index (χ4v) is 8.17. The largest absolute Gasteiger partial charge is 0.462 e. The highest BCUT2D eigenvalue weighted by Gasteiger charge is 2.49. The first kappa shape index (κ1) is 60.1. The van der Waals surface area contributed by atoms with Crippen LogP contribution in [0.1, 0.15) is 86.0 Å². The van der Waals surface area contributed by atoms with Gasteiger partial charge in [-0.15, -0.1) is 0 Å². The van der Waals surface area contributed by atoms with E-state index in [4.69, 9.17) is 24.7 Å². The van der Waals surface area contributed by atoms with Gasteiger partial charge in [0.05, 0.1) is 85.6 Å². The number of nitrogens with one attached hydrogen (secondary N) is 3. The molecular formula is C49H78N4O17. The van der Waals surface area contributed by atoms with Crippen molar-refractivity contribution in [2.24, 2.45) is 17.6 Å². The fourth-order valence-electron chi connectivity index (χ4n) is 8.17. The van der Waals surface area contributed by atoms with Crippen LogP contribution in [0.4, 0.5) is 4.79 Å². The number of carbonyl (C=O) groups excluding carboxylic acids is 3. The molecule has 0 aromatic carbocycles. The lowest BCUT2D eigenvalue weighted by Gasteiger charge is -2.46. The summed E-state index contributed by atoms with van der Waals surface area (Å²) in [6.45, 7) is 7.90. The molecule has 2 bridgehead atoms. The van der Waals surface area contributed by atoms with Gasteiger partial charge >= 0.3 is 12.0 Å². The molecule has 0 aromatic rings. The van der Waals surface area contributed by atoms with Crippen LogP contribution in [0.25, 0.3) is 0 Å². The van der Waals surface area contributed by atoms with Crippen LogP contribution in [0.5, 0.6) is 0 Å². The molecule has 3 heterocycles. The maximum atomic E-state index is 12.9. The normalized spacial score (nSPS) is 42.9. The van der Waals surface area contributed by atoms with Gasteiger partial charge in [0.2, 0.25) is 5.91 Å². The number of fused-ring (bicyclic) bond motifs is 2. The average Bonchev–Trinajstić information content (AvgIpc) is 3.28. The van der Waals surface area contributed by atoms with Gasteiger partial charge in [0, 0.05) is 44.4 Å². The third-order valence-electron chi connectivity index (χ3n) is 12.4. The summed E-state index contributed by atoms with van der Waals surface area (Å²) < 4.78 is 23.6. The second-order valence-electron chi connectivity index (χ2n) is 18.5. The van der Waals surface area contributed by atoms with E-state index in [0.717, 1.165) is 6.92 Å². The Kier molecular flexibility index (Phi) is 25.8. The first-order chi connectivity index (χ1) is 33.0. The Balaban J connectivity index is 1.92. The number of allylic oxidation sites excluding steroid dienone is 12. The van der Waals surface area contributed by atoms with Crippen LogP contribution in [0.3, 0.4) is 0 Å². The second-order valence-corrected chi connectivity index (χ2v) is 18.5. The zero-order chi connectivity index (χ0) is 52.1. The van der Waals surface area contributed by atoms with Gasteiger partial charge in [-0.05, 0) is 33.1 Å². The van der Waals surface area contributed by atoms with E-state index in [-0.39, 0.29) is 31.6 Å². The number of hydrogen-bond acceptors (Lipinski definition) is 18. The van der Waals surface area contributed by atoms with E-state index in [1.807, 2.05) is 25.2 Å². The third kappa shape index (κ3) is 20.9. The lowest BCUT2D eigenvalue weighted by Crippen LogP contribution is -2.64. The fraction of sp³-hybridized carbons (Fsp3) is 0.653. The van der Waals surface area contributed by atoms with Crippen molar-refractivity contribution in [1.29, 1.82) is 0 Å². The minimum Gasteiger partial charge on any atom is -0.462 e. The van der Waals surface area contributed by atoms with Crippen molar-refractivity contribution in [2.45, 2.75) is 189 Å². The average molecular weight is 995 g/mol. The summed E-state index contributed by atoms with van der Waals surface area (Å²) in [5, 5.41) is 112. The maximum Gasteiger partial charge on any atom is 0.333 e. The van der Waals surface area contributed by atoms with E-state index in [0.29, 0.717) is 0 Å². The second kappa shape index (κ2) is 30.0. The number of amides is 3. The molecule has 396 valence electrons. The van der Waals surface area contributed by atoms with Crippen molar-refractivity contribution in [3.63, 3.8) is 0 Å². The number of urea groups is 1. The number of aliphatic hydroxyl groups is 10. The van der Waals surface area contributed by atoms with Gasteiger partial charge in [0.1, 0.15) is 12.2 Å². The van der Waals surface area contributed by atoms with Crippen LogP contribution >= 0.6 is 0 Å². The van der Waals surface area contributed by atoms with Gasteiger partial charge in [-0.3, -0.25) is 15.0 Å². The molecule has 2 fully saturated rings. The monoisotopic (exact) mass is 995 g/mol. The molecule has 19 atom stereocenters. The number of aliphatic hydroxyl groups excluding tert-OH is 9. The molecule has 0 aliphatic carbocycles. The SMILES string of the molecule is CC(=O)NNC(=O)N[C@H]1[C@@H]2C[C@@H](O[C@@H]3O[C@H](C)[C@@H](O)[C@H](N)[C@@H]3O)/C=C/C=C/C=C/C=C/C=C/C=C/C=C/[C@H](C)[C@@H](O)[C@@H](C)[C@H](C)OC(=O)C[C@H](O)C[C@H](O)CC[C@@H](O)[C@H](O)C[C@H](O)C[C@](O)(C[C@@H]1O)O2. The van der Waals surface area contributed by atoms with E-state index in [2.05, 4.69) is 16.2 Å². The summed E-state index contributed by atoms with van der Waals surface area (Å²) in [6, 6.07) is -3.41. The van der Waals surface area contributed by atoms with Gasteiger partial charge in [-0.1, -0.05) is 98.9 Å². The molecule has 3 amide bonds. The number of ether oxygens (including phenoxy) is 4. The number of rotatable bonds is 3. The van der Waals surface area contributed by atoms with Crippen LogP contribution in [0, 0.1) is 11.8 Å². The van der Waals surface area contributed by atoms with Crippen LogP contribution in [0.15, 0.2) is 85.1 Å². The van der Waals surface area contributed by atoms with Crippen molar-refractivity contribution < 1.29 is 84.4 Å². The predicted molar refractivity (Wildman–Crippen MR) is 255 cm³/mol. The quantitative estimate of drug-likeness (QED) is 0.128. The van der Waals surface area contributed by atoms with E-state index in [1.165, 1.54) is 6.92 Å². The van der Waals surface area contributed by atoms with E-state index in [1.54, 1.807) is 80.7 Å². The molecule has 0 saturated carbocycles. The summed E-state index contributed by atoms with van der Waals surface area (Å²) in [5.41, 5.74) is 10.3. The number of esters is 1. The van der Waals surface area contributed by atoms with Crippen molar-refractivity contribution in [3.8, 4) is 0 Å². The maximum absolute atomic E-state index is 12.9. The highest BCUT2D eigenvalue weighted by atomic mass is 16.7. The summed E-state index contributed by atoms with van der Waals surface area (Å²) in [5.74, 6) is -4.40.